The third-order valence-electron chi connectivity index (χ3n) is 5.62. The first-order valence-corrected chi connectivity index (χ1v) is 11.9. The second-order valence-corrected chi connectivity index (χ2v) is 8.54. The second-order valence-electron chi connectivity index (χ2n) is 8.10. The molecule has 0 saturated carbocycles. The summed E-state index contributed by atoms with van der Waals surface area (Å²) >= 11 is 6.13. The number of carbonyl (C=O) groups is 1. The van der Waals surface area contributed by atoms with Crippen molar-refractivity contribution < 1.29 is 4.79 Å². The minimum atomic E-state index is -0.544. The van der Waals surface area contributed by atoms with Gasteiger partial charge >= 0.3 is 6.03 Å². The number of hydrazone groups is 1. The van der Waals surface area contributed by atoms with Crippen molar-refractivity contribution in [3.63, 3.8) is 0 Å². The number of para-hydroxylation sites is 2. The Hall–Kier alpha value is -4.88. The molecule has 0 radical (unpaired) electrons. The van der Waals surface area contributed by atoms with Crippen LogP contribution in [0.25, 0.3) is 16.9 Å². The molecule has 1 aromatic heterocycles. The average molecular weight is 508 g/mol. The molecular weight excluding hydrogens is 486 g/mol. The second kappa shape index (κ2) is 10.8. The summed E-state index contributed by atoms with van der Waals surface area (Å²) in [7, 11) is 0. The van der Waals surface area contributed by atoms with Gasteiger partial charge in [0.05, 0.1) is 16.9 Å². The zero-order valence-electron chi connectivity index (χ0n) is 19.6. The molecule has 37 heavy (non-hydrogen) atoms. The van der Waals surface area contributed by atoms with Crippen molar-refractivity contribution in [3.8, 4) is 16.9 Å². The van der Waals surface area contributed by atoms with Crippen LogP contribution >= 0.6 is 11.6 Å². The van der Waals surface area contributed by atoms with Crippen LogP contribution in [-0.2, 0) is 0 Å². The van der Waals surface area contributed by atoms with Gasteiger partial charge in [-0.15, -0.1) is 0 Å². The third kappa shape index (κ3) is 5.37. The molecule has 0 aliphatic rings. The van der Waals surface area contributed by atoms with Crippen LogP contribution in [0.15, 0.2) is 125 Å². The van der Waals surface area contributed by atoms with Gasteiger partial charge in [-0.3, -0.25) is 9.89 Å². The molecule has 0 bridgehead atoms. The fourth-order valence-corrected chi connectivity index (χ4v) is 4.02. The van der Waals surface area contributed by atoms with Crippen LogP contribution in [0.3, 0.4) is 0 Å². The minimum Gasteiger partial charge on any atom is -0.307 e. The predicted molar refractivity (Wildman–Crippen MR) is 148 cm³/mol. The van der Waals surface area contributed by atoms with E-state index >= 15 is 0 Å². The third-order valence-corrected chi connectivity index (χ3v) is 5.87. The Balaban J connectivity index is 1.65. The number of amides is 2. The highest BCUT2D eigenvalue weighted by Crippen LogP contribution is 2.24. The highest BCUT2D eigenvalue weighted by molar-refractivity contribution is 6.30. The Morgan fingerprint density at radius 3 is 2.03 bits per heavy atom. The molecule has 0 aliphatic heterocycles. The molecule has 5 rings (SSSR count). The number of H-pyrrole nitrogens is 1. The first kappa shape index (κ1) is 23.8. The van der Waals surface area contributed by atoms with E-state index in [9.17, 15) is 9.59 Å². The molecule has 0 unspecified atom stereocenters. The van der Waals surface area contributed by atoms with Gasteiger partial charge in [0.15, 0.2) is 0 Å². The van der Waals surface area contributed by atoms with Crippen LogP contribution in [-0.4, -0.2) is 21.5 Å². The summed E-state index contributed by atoms with van der Waals surface area (Å²) in [6.45, 7) is 0. The van der Waals surface area contributed by atoms with Crippen molar-refractivity contribution in [2.75, 3.05) is 5.32 Å². The number of rotatable bonds is 6. The number of aromatic nitrogens is 2. The molecule has 0 aliphatic carbocycles. The van der Waals surface area contributed by atoms with E-state index in [0.29, 0.717) is 33.2 Å². The summed E-state index contributed by atoms with van der Waals surface area (Å²) in [6, 6.07) is 34.2. The first-order valence-electron chi connectivity index (χ1n) is 11.5. The summed E-state index contributed by atoms with van der Waals surface area (Å²) < 4.78 is 1.47. The maximum Gasteiger partial charge on any atom is 0.339 e. The van der Waals surface area contributed by atoms with Gasteiger partial charge in [-0.2, -0.15) is 5.10 Å². The zero-order chi connectivity index (χ0) is 25.6. The van der Waals surface area contributed by atoms with E-state index < -0.39 is 6.03 Å². The normalized spacial score (nSPS) is 11.2. The van der Waals surface area contributed by atoms with E-state index in [2.05, 4.69) is 20.9 Å². The quantitative estimate of drug-likeness (QED) is 0.192. The molecule has 2 amide bonds. The lowest BCUT2D eigenvalue weighted by Crippen LogP contribution is -2.28. The molecular formula is C29H22ClN5O2. The van der Waals surface area contributed by atoms with Gasteiger partial charge in [0.2, 0.25) is 0 Å². The number of hydrogen-bond donors (Lipinski definition) is 3. The van der Waals surface area contributed by atoms with Gasteiger partial charge in [0.25, 0.3) is 5.56 Å². The molecule has 0 fully saturated rings. The van der Waals surface area contributed by atoms with Crippen molar-refractivity contribution in [1.29, 1.82) is 0 Å². The summed E-state index contributed by atoms with van der Waals surface area (Å²) in [5, 5.41) is 10.9. The fourth-order valence-electron chi connectivity index (χ4n) is 3.89. The Bertz CT molecular complexity index is 1590. The molecule has 0 saturated heterocycles. The van der Waals surface area contributed by atoms with Gasteiger partial charge in [-0.25, -0.2) is 14.9 Å². The average Bonchev–Trinajstić information content (AvgIpc) is 3.28. The number of aromatic amines is 1. The van der Waals surface area contributed by atoms with Crippen molar-refractivity contribution in [1.82, 2.24) is 15.2 Å². The van der Waals surface area contributed by atoms with Crippen LogP contribution in [0.4, 0.5) is 10.5 Å². The number of nitrogens with one attached hydrogen (secondary N) is 3. The molecule has 5 aromatic rings. The van der Waals surface area contributed by atoms with Crippen molar-refractivity contribution in [3.05, 3.63) is 142 Å². The summed E-state index contributed by atoms with van der Waals surface area (Å²) in [6.07, 6.45) is 0. The van der Waals surface area contributed by atoms with Crippen LogP contribution in [0.1, 0.15) is 11.1 Å². The lowest BCUT2D eigenvalue weighted by atomic mass is 9.99. The molecule has 3 N–H and O–H groups in total. The van der Waals surface area contributed by atoms with Gasteiger partial charge in [-0.1, -0.05) is 90.5 Å². The van der Waals surface area contributed by atoms with Crippen molar-refractivity contribution in [2.24, 2.45) is 5.10 Å². The summed E-state index contributed by atoms with van der Waals surface area (Å²) in [5.41, 5.74) is 6.06. The SMILES string of the molecule is O=C(N/N=C(/c1ccc(Cl)cc1)c1c(-c2ccccc2)[nH]n(-c2ccccc2)c1=O)Nc1ccccc1. The molecule has 8 heteroatoms. The molecule has 7 nitrogen and oxygen atoms in total. The minimum absolute atomic E-state index is 0.287. The first-order chi connectivity index (χ1) is 18.1. The standard InChI is InChI=1S/C29H22ClN5O2/c30-22-18-16-21(17-19-22)26(32-33-29(37)31-23-12-6-2-7-13-23)25-27(20-10-4-1-5-11-20)34-35(28(25)36)24-14-8-3-9-15-24/h1-19,34H,(H2,31,33,37)/b32-26-. The van der Waals surface area contributed by atoms with Crippen molar-refractivity contribution in [2.45, 2.75) is 0 Å². The highest BCUT2D eigenvalue weighted by atomic mass is 35.5. The monoisotopic (exact) mass is 507 g/mol. The Labute approximate surface area is 218 Å². The number of nitrogens with zero attached hydrogens (tertiary/aromatic N) is 2. The fraction of sp³-hybridized carbons (Fsp3) is 0. The lowest BCUT2D eigenvalue weighted by Gasteiger charge is -2.09. The molecule has 182 valence electrons. The Kier molecular flexibility index (Phi) is 6.96. The maximum absolute atomic E-state index is 13.9. The molecule has 0 spiro atoms. The number of anilines is 1. The number of urea groups is 1. The summed E-state index contributed by atoms with van der Waals surface area (Å²) in [4.78, 5) is 26.5. The lowest BCUT2D eigenvalue weighted by molar-refractivity contribution is 0.252. The van der Waals surface area contributed by atoms with Crippen LogP contribution < -0.4 is 16.3 Å². The zero-order valence-corrected chi connectivity index (χ0v) is 20.3. The van der Waals surface area contributed by atoms with Crippen LogP contribution in [0.5, 0.6) is 0 Å². The number of carbonyl (C=O) groups excluding carboxylic acids is 1. The van der Waals surface area contributed by atoms with E-state index in [-0.39, 0.29) is 11.3 Å². The Morgan fingerprint density at radius 2 is 1.38 bits per heavy atom. The van der Waals surface area contributed by atoms with Gasteiger partial charge in [0.1, 0.15) is 5.71 Å². The van der Waals surface area contributed by atoms with Gasteiger partial charge in [-0.05, 0) is 36.4 Å². The maximum atomic E-state index is 13.9. The molecule has 4 aromatic carbocycles. The topological polar surface area (TPSA) is 91.3 Å². The van der Waals surface area contributed by atoms with E-state index in [4.69, 9.17) is 11.6 Å². The van der Waals surface area contributed by atoms with E-state index in [1.54, 1.807) is 36.4 Å². The van der Waals surface area contributed by atoms with Crippen LogP contribution in [0, 0.1) is 0 Å². The van der Waals surface area contributed by atoms with E-state index in [1.165, 1.54) is 4.68 Å². The van der Waals surface area contributed by atoms with Crippen molar-refractivity contribution >= 4 is 29.0 Å². The predicted octanol–water partition coefficient (Wildman–Crippen LogP) is 6.06. The number of halogens is 1. The smallest absolute Gasteiger partial charge is 0.307 e. The van der Waals surface area contributed by atoms with E-state index in [1.807, 2.05) is 78.9 Å². The van der Waals surface area contributed by atoms with E-state index in [0.717, 1.165) is 5.56 Å². The number of benzene rings is 4. The van der Waals surface area contributed by atoms with Gasteiger partial charge in [0, 0.05) is 21.8 Å². The molecule has 0 atom stereocenters. The summed E-state index contributed by atoms with van der Waals surface area (Å²) in [5.74, 6) is 0. The number of hydrogen-bond acceptors (Lipinski definition) is 3. The Morgan fingerprint density at radius 1 is 0.784 bits per heavy atom. The molecule has 1 heterocycles. The largest absolute Gasteiger partial charge is 0.339 e. The van der Waals surface area contributed by atoms with Crippen LogP contribution in [0.2, 0.25) is 5.02 Å². The highest BCUT2D eigenvalue weighted by Gasteiger charge is 2.23. The van der Waals surface area contributed by atoms with Gasteiger partial charge < -0.3 is 5.32 Å².